The van der Waals surface area contributed by atoms with Crippen molar-refractivity contribution < 1.29 is 4.79 Å². The summed E-state index contributed by atoms with van der Waals surface area (Å²) in [6.45, 7) is 4.08. The summed E-state index contributed by atoms with van der Waals surface area (Å²) >= 11 is 0. The van der Waals surface area contributed by atoms with Crippen LogP contribution in [0.3, 0.4) is 0 Å². The van der Waals surface area contributed by atoms with Crippen LogP contribution >= 0.6 is 0 Å². The number of aromatic nitrogens is 2. The largest absolute Gasteiger partial charge is 0.330 e. The number of benzene rings is 1. The summed E-state index contributed by atoms with van der Waals surface area (Å²) in [5.41, 5.74) is 1.48. The van der Waals surface area contributed by atoms with E-state index in [9.17, 15) is 4.79 Å². The van der Waals surface area contributed by atoms with Gasteiger partial charge in [-0.25, -0.2) is 0 Å². The molecule has 0 spiro atoms. The molecule has 0 saturated carbocycles. The van der Waals surface area contributed by atoms with Crippen LogP contribution in [0.1, 0.15) is 23.8 Å². The first-order valence-corrected chi connectivity index (χ1v) is 7.22. The normalized spacial score (nSPS) is 29.1. The zero-order valence-electron chi connectivity index (χ0n) is 11.5. The number of fused-ring (bicyclic) bond motifs is 2. The van der Waals surface area contributed by atoms with Crippen LogP contribution in [-0.2, 0) is 0 Å². The van der Waals surface area contributed by atoms with E-state index < -0.39 is 0 Å². The number of amides is 1. The Morgan fingerprint density at radius 1 is 1.35 bits per heavy atom. The summed E-state index contributed by atoms with van der Waals surface area (Å²) in [6, 6.07) is 8.43. The molecule has 2 aliphatic heterocycles. The summed E-state index contributed by atoms with van der Waals surface area (Å²) in [6.07, 6.45) is 1.09. The van der Waals surface area contributed by atoms with Crippen LogP contribution < -0.4 is 5.32 Å². The first-order chi connectivity index (χ1) is 9.75. The average molecular weight is 270 g/mol. The van der Waals surface area contributed by atoms with Crippen LogP contribution in [0.15, 0.2) is 24.3 Å². The van der Waals surface area contributed by atoms with Crippen molar-refractivity contribution in [2.75, 3.05) is 13.1 Å². The van der Waals surface area contributed by atoms with Gasteiger partial charge in [-0.2, -0.15) is 5.10 Å². The fourth-order valence-electron chi connectivity index (χ4n) is 3.76. The van der Waals surface area contributed by atoms with Crippen LogP contribution in [0.25, 0.3) is 10.9 Å². The molecule has 20 heavy (non-hydrogen) atoms. The van der Waals surface area contributed by atoms with Crippen molar-refractivity contribution in [2.45, 2.75) is 25.4 Å². The van der Waals surface area contributed by atoms with E-state index in [1.165, 1.54) is 0 Å². The summed E-state index contributed by atoms with van der Waals surface area (Å²) < 4.78 is 0. The molecule has 0 bridgehead atoms. The lowest BCUT2D eigenvalue weighted by Crippen LogP contribution is -2.43. The van der Waals surface area contributed by atoms with Crippen LogP contribution in [0, 0.1) is 5.92 Å². The number of nitrogens with zero attached hydrogens (tertiary/aromatic N) is 2. The van der Waals surface area contributed by atoms with Gasteiger partial charge in [0.25, 0.3) is 5.91 Å². The van der Waals surface area contributed by atoms with Gasteiger partial charge >= 0.3 is 0 Å². The van der Waals surface area contributed by atoms with Gasteiger partial charge in [0.2, 0.25) is 0 Å². The Balaban J connectivity index is 1.73. The lowest BCUT2D eigenvalue weighted by Gasteiger charge is -2.26. The molecule has 1 aromatic carbocycles. The van der Waals surface area contributed by atoms with E-state index >= 15 is 0 Å². The van der Waals surface area contributed by atoms with Crippen molar-refractivity contribution >= 4 is 16.8 Å². The molecular formula is C15H18N4O. The number of carbonyl (C=O) groups excluding carboxylic acids is 1. The van der Waals surface area contributed by atoms with Gasteiger partial charge in [-0.15, -0.1) is 0 Å². The number of carbonyl (C=O) groups is 1. The van der Waals surface area contributed by atoms with Crippen molar-refractivity contribution in [3.63, 3.8) is 0 Å². The molecule has 0 aliphatic carbocycles. The zero-order chi connectivity index (χ0) is 13.7. The second-order valence-electron chi connectivity index (χ2n) is 5.90. The maximum atomic E-state index is 12.9. The van der Waals surface area contributed by atoms with E-state index in [-0.39, 0.29) is 5.91 Å². The van der Waals surface area contributed by atoms with Gasteiger partial charge in [-0.3, -0.25) is 9.89 Å². The van der Waals surface area contributed by atoms with Crippen molar-refractivity contribution in [3.8, 4) is 0 Å². The summed E-state index contributed by atoms with van der Waals surface area (Å²) in [7, 11) is 0. The Kier molecular flexibility index (Phi) is 2.57. The number of hydrogen-bond donors (Lipinski definition) is 2. The van der Waals surface area contributed by atoms with Gasteiger partial charge in [-0.1, -0.05) is 18.2 Å². The first-order valence-electron chi connectivity index (χ1n) is 7.22. The lowest BCUT2D eigenvalue weighted by atomic mass is 10.0. The average Bonchev–Trinajstić information content (AvgIpc) is 3.11. The monoisotopic (exact) mass is 270 g/mol. The summed E-state index contributed by atoms with van der Waals surface area (Å²) in [4.78, 5) is 14.9. The predicted molar refractivity (Wildman–Crippen MR) is 76.5 cm³/mol. The molecule has 2 aromatic rings. The first kappa shape index (κ1) is 11.9. The lowest BCUT2D eigenvalue weighted by molar-refractivity contribution is 0.0678. The standard InChI is InChI=1S/C15H18N4O/c1-9-6-10-7-16-8-13(10)19(9)15(20)14-11-4-2-3-5-12(11)17-18-14/h2-5,9-10,13,16H,6-8H2,1H3,(H,17,18). The van der Waals surface area contributed by atoms with Crippen LogP contribution in [0.5, 0.6) is 0 Å². The third-order valence-electron chi connectivity index (χ3n) is 4.69. The fourth-order valence-corrected chi connectivity index (χ4v) is 3.76. The Morgan fingerprint density at radius 2 is 2.20 bits per heavy atom. The van der Waals surface area contributed by atoms with Crippen LogP contribution in [0.4, 0.5) is 0 Å². The number of hydrogen-bond acceptors (Lipinski definition) is 3. The molecule has 3 atom stereocenters. The van der Waals surface area contributed by atoms with Gasteiger partial charge in [0, 0.05) is 30.6 Å². The molecule has 2 aliphatic rings. The summed E-state index contributed by atoms with van der Waals surface area (Å²) in [5, 5.41) is 11.5. The van der Waals surface area contributed by atoms with Crippen molar-refractivity contribution in [2.24, 2.45) is 5.92 Å². The maximum absolute atomic E-state index is 12.9. The minimum absolute atomic E-state index is 0.0613. The summed E-state index contributed by atoms with van der Waals surface area (Å²) in [5.74, 6) is 0.658. The number of nitrogens with one attached hydrogen (secondary N) is 2. The number of rotatable bonds is 1. The van der Waals surface area contributed by atoms with E-state index in [1.807, 2.05) is 29.2 Å². The third kappa shape index (κ3) is 1.59. The third-order valence-corrected chi connectivity index (χ3v) is 4.69. The van der Waals surface area contributed by atoms with E-state index in [0.29, 0.717) is 23.7 Å². The van der Waals surface area contributed by atoms with Gasteiger partial charge in [0.15, 0.2) is 5.69 Å². The van der Waals surface area contributed by atoms with Gasteiger partial charge in [-0.05, 0) is 25.3 Å². The molecule has 5 nitrogen and oxygen atoms in total. The van der Waals surface area contributed by atoms with Crippen molar-refractivity contribution in [1.82, 2.24) is 20.4 Å². The predicted octanol–water partition coefficient (Wildman–Crippen LogP) is 1.39. The Labute approximate surface area is 117 Å². The molecule has 2 fully saturated rings. The number of likely N-dealkylation sites (tertiary alicyclic amines) is 1. The highest BCUT2D eigenvalue weighted by Gasteiger charge is 2.44. The second kappa shape index (κ2) is 4.31. The molecule has 4 rings (SSSR count). The zero-order valence-corrected chi connectivity index (χ0v) is 11.5. The number of H-pyrrole nitrogens is 1. The van der Waals surface area contributed by atoms with Crippen molar-refractivity contribution in [3.05, 3.63) is 30.0 Å². The topological polar surface area (TPSA) is 61.0 Å². The van der Waals surface area contributed by atoms with E-state index in [4.69, 9.17) is 0 Å². The Hall–Kier alpha value is -1.88. The molecule has 104 valence electrons. The van der Waals surface area contributed by atoms with E-state index in [0.717, 1.165) is 30.4 Å². The van der Waals surface area contributed by atoms with Crippen molar-refractivity contribution in [1.29, 1.82) is 0 Å². The van der Waals surface area contributed by atoms with Gasteiger partial charge in [0.1, 0.15) is 0 Å². The minimum Gasteiger partial charge on any atom is -0.330 e. The maximum Gasteiger partial charge on any atom is 0.275 e. The molecule has 2 N–H and O–H groups in total. The quantitative estimate of drug-likeness (QED) is 0.823. The number of para-hydroxylation sites is 1. The smallest absolute Gasteiger partial charge is 0.275 e. The highest BCUT2D eigenvalue weighted by molar-refractivity contribution is 6.05. The molecule has 3 unspecified atom stereocenters. The van der Waals surface area contributed by atoms with Gasteiger partial charge < -0.3 is 10.2 Å². The van der Waals surface area contributed by atoms with Crippen LogP contribution in [0.2, 0.25) is 0 Å². The highest BCUT2D eigenvalue weighted by Crippen LogP contribution is 2.33. The number of aromatic amines is 1. The Bertz CT molecular complexity index is 665. The minimum atomic E-state index is 0.0613. The van der Waals surface area contributed by atoms with E-state index in [2.05, 4.69) is 22.4 Å². The molecule has 2 saturated heterocycles. The molecular weight excluding hydrogens is 252 g/mol. The molecule has 3 heterocycles. The molecule has 0 radical (unpaired) electrons. The molecule has 5 heteroatoms. The molecule has 1 aromatic heterocycles. The highest BCUT2D eigenvalue weighted by atomic mass is 16.2. The SMILES string of the molecule is CC1CC2CNCC2N1C(=O)c1n[nH]c2ccccc12. The molecule has 1 amide bonds. The Morgan fingerprint density at radius 3 is 3.10 bits per heavy atom. The second-order valence-corrected chi connectivity index (χ2v) is 5.90. The van der Waals surface area contributed by atoms with E-state index in [1.54, 1.807) is 0 Å². The van der Waals surface area contributed by atoms with Gasteiger partial charge in [0.05, 0.1) is 5.52 Å². The van der Waals surface area contributed by atoms with Crippen LogP contribution in [-0.4, -0.2) is 46.2 Å². The fraction of sp³-hybridized carbons (Fsp3) is 0.467.